The average molecular weight is 331 g/mol. The molecule has 0 radical (unpaired) electrons. The Balaban J connectivity index is 2.06. The number of hydrogen-bond donors (Lipinski definition) is 0. The minimum atomic E-state index is -3.05. The van der Waals surface area contributed by atoms with Gasteiger partial charge in [0.05, 0.1) is 22.0 Å². The Morgan fingerprint density at radius 1 is 1.43 bits per heavy atom. The van der Waals surface area contributed by atoms with E-state index in [2.05, 4.69) is 4.98 Å². The van der Waals surface area contributed by atoms with E-state index >= 15 is 0 Å². The molecule has 7 heteroatoms. The lowest BCUT2D eigenvalue weighted by atomic mass is 10.2. The van der Waals surface area contributed by atoms with Crippen LogP contribution in [0.5, 0.6) is 0 Å². The van der Waals surface area contributed by atoms with E-state index in [0.29, 0.717) is 48.5 Å². The number of hydrogen-bond acceptors (Lipinski definition) is 3. The van der Waals surface area contributed by atoms with Crippen molar-refractivity contribution in [3.63, 3.8) is 0 Å². The van der Waals surface area contributed by atoms with Crippen LogP contribution in [0.15, 0.2) is 18.2 Å². The van der Waals surface area contributed by atoms with Crippen LogP contribution in [0.2, 0.25) is 0 Å². The molecule has 21 heavy (non-hydrogen) atoms. The van der Waals surface area contributed by atoms with Gasteiger partial charge in [-0.15, -0.1) is 11.6 Å². The van der Waals surface area contributed by atoms with Crippen LogP contribution in [0, 0.1) is 5.82 Å². The Bertz CT molecular complexity index is 773. The van der Waals surface area contributed by atoms with Crippen molar-refractivity contribution in [2.45, 2.75) is 31.1 Å². The molecule has 0 N–H and O–H groups in total. The smallest absolute Gasteiger partial charge is 0.154 e. The molecule has 1 unspecified atom stereocenters. The molecule has 0 amide bonds. The Labute approximate surface area is 127 Å². The number of imidazole rings is 1. The number of rotatable bonds is 4. The van der Waals surface area contributed by atoms with Gasteiger partial charge in [0, 0.05) is 18.8 Å². The molecule has 2 heterocycles. The van der Waals surface area contributed by atoms with Gasteiger partial charge in [-0.05, 0) is 31.0 Å². The summed E-state index contributed by atoms with van der Waals surface area (Å²) in [6.07, 6.45) is 1.88. The van der Waals surface area contributed by atoms with Gasteiger partial charge in [0.1, 0.15) is 11.6 Å². The van der Waals surface area contributed by atoms with Crippen LogP contribution < -0.4 is 0 Å². The summed E-state index contributed by atoms with van der Waals surface area (Å²) in [6.45, 7) is 0.328. The van der Waals surface area contributed by atoms with Gasteiger partial charge in [-0.25, -0.2) is 17.8 Å². The first-order valence-electron chi connectivity index (χ1n) is 6.93. The summed E-state index contributed by atoms with van der Waals surface area (Å²) in [5, 5.41) is -0.410. The zero-order chi connectivity index (χ0) is 15.0. The van der Waals surface area contributed by atoms with Gasteiger partial charge in [-0.1, -0.05) is 0 Å². The number of nitrogens with zero attached hydrogens (tertiary/aromatic N) is 2. The van der Waals surface area contributed by atoms with Gasteiger partial charge in [0.25, 0.3) is 0 Å². The maximum absolute atomic E-state index is 13.5. The first-order valence-corrected chi connectivity index (χ1v) is 9.18. The third-order valence-corrected chi connectivity index (χ3v) is 6.40. The molecular weight excluding hydrogens is 315 g/mol. The Morgan fingerprint density at radius 3 is 2.90 bits per heavy atom. The second-order valence-electron chi connectivity index (χ2n) is 5.34. The van der Waals surface area contributed by atoms with E-state index < -0.39 is 15.1 Å². The van der Waals surface area contributed by atoms with E-state index in [1.54, 1.807) is 6.07 Å². The van der Waals surface area contributed by atoms with E-state index in [9.17, 15) is 12.8 Å². The molecule has 1 fully saturated rings. The van der Waals surface area contributed by atoms with E-state index in [4.69, 9.17) is 11.6 Å². The number of halogens is 2. The van der Waals surface area contributed by atoms with Crippen molar-refractivity contribution in [1.82, 2.24) is 9.55 Å². The quantitative estimate of drug-likeness (QED) is 0.809. The van der Waals surface area contributed by atoms with E-state index in [0.717, 1.165) is 0 Å². The highest BCUT2D eigenvalue weighted by molar-refractivity contribution is 7.92. The first kappa shape index (κ1) is 14.8. The van der Waals surface area contributed by atoms with Gasteiger partial charge in [-0.2, -0.15) is 0 Å². The Morgan fingerprint density at radius 2 is 2.24 bits per heavy atom. The molecule has 0 aliphatic carbocycles. The van der Waals surface area contributed by atoms with Crippen LogP contribution in [-0.4, -0.2) is 34.9 Å². The lowest BCUT2D eigenvalue weighted by molar-refractivity contribution is 0.563. The van der Waals surface area contributed by atoms with Crippen molar-refractivity contribution < 1.29 is 12.8 Å². The lowest BCUT2D eigenvalue weighted by Crippen LogP contribution is -2.23. The molecule has 4 nitrogen and oxygen atoms in total. The zero-order valence-corrected chi connectivity index (χ0v) is 13.0. The van der Waals surface area contributed by atoms with Gasteiger partial charge in [0.2, 0.25) is 0 Å². The highest BCUT2D eigenvalue weighted by atomic mass is 35.5. The zero-order valence-electron chi connectivity index (χ0n) is 11.4. The van der Waals surface area contributed by atoms with Crippen molar-refractivity contribution in [3.05, 3.63) is 29.8 Å². The summed E-state index contributed by atoms with van der Waals surface area (Å²) in [5.41, 5.74) is 1.31. The van der Waals surface area contributed by atoms with Crippen LogP contribution in [0.1, 0.15) is 18.7 Å². The van der Waals surface area contributed by atoms with Crippen molar-refractivity contribution in [3.8, 4) is 0 Å². The fraction of sp³-hybridized carbons (Fsp3) is 0.500. The third-order valence-electron chi connectivity index (χ3n) is 3.96. The molecular formula is C14H16ClFN2O2S. The maximum Gasteiger partial charge on any atom is 0.154 e. The highest BCUT2D eigenvalue weighted by Gasteiger charge is 2.32. The summed E-state index contributed by atoms with van der Waals surface area (Å²) in [4.78, 5) is 4.45. The normalized spacial score (nSPS) is 21.1. The number of aryl methyl sites for hydroxylation is 1. The Hall–Kier alpha value is -1.14. The molecule has 0 saturated carbocycles. The van der Waals surface area contributed by atoms with Crippen LogP contribution in [0.3, 0.4) is 0 Å². The van der Waals surface area contributed by atoms with Crippen molar-refractivity contribution in [1.29, 1.82) is 0 Å². The SMILES string of the molecule is O=S1(=O)CCCC1Cn1c(CCCl)nc2ccc(F)cc21. The van der Waals surface area contributed by atoms with Crippen molar-refractivity contribution in [2.24, 2.45) is 0 Å². The lowest BCUT2D eigenvalue weighted by Gasteiger charge is -2.13. The molecule has 2 aromatic rings. The second kappa shape index (κ2) is 5.57. The van der Waals surface area contributed by atoms with Crippen LogP contribution in [-0.2, 0) is 22.8 Å². The fourth-order valence-corrected chi connectivity index (χ4v) is 4.87. The summed E-state index contributed by atoms with van der Waals surface area (Å²) in [6, 6.07) is 4.38. The summed E-state index contributed by atoms with van der Waals surface area (Å²) >= 11 is 5.79. The average Bonchev–Trinajstić information content (AvgIpc) is 2.92. The van der Waals surface area contributed by atoms with E-state index in [1.165, 1.54) is 12.1 Å². The van der Waals surface area contributed by atoms with Gasteiger partial charge in [-0.3, -0.25) is 0 Å². The van der Waals surface area contributed by atoms with Crippen molar-refractivity contribution in [2.75, 3.05) is 11.6 Å². The largest absolute Gasteiger partial charge is 0.327 e. The number of alkyl halides is 1. The summed E-state index contributed by atoms with van der Waals surface area (Å²) in [5.74, 6) is 0.996. The summed E-state index contributed by atoms with van der Waals surface area (Å²) in [7, 11) is -3.05. The molecule has 1 aliphatic heterocycles. The molecule has 0 spiro atoms. The first-order chi connectivity index (χ1) is 10.0. The highest BCUT2D eigenvalue weighted by Crippen LogP contribution is 2.25. The van der Waals surface area contributed by atoms with Gasteiger partial charge in [0.15, 0.2) is 9.84 Å². The predicted molar refractivity (Wildman–Crippen MR) is 80.9 cm³/mol. The van der Waals surface area contributed by atoms with Gasteiger partial charge < -0.3 is 4.57 Å². The molecule has 1 aromatic heterocycles. The van der Waals surface area contributed by atoms with Crippen molar-refractivity contribution >= 4 is 32.5 Å². The fourth-order valence-electron chi connectivity index (χ4n) is 2.89. The molecule has 1 atom stereocenters. The number of benzene rings is 1. The molecule has 114 valence electrons. The second-order valence-corrected chi connectivity index (χ2v) is 8.12. The number of sulfone groups is 1. The monoisotopic (exact) mass is 330 g/mol. The topological polar surface area (TPSA) is 52.0 Å². The molecule has 1 aliphatic rings. The maximum atomic E-state index is 13.5. The van der Waals surface area contributed by atoms with E-state index in [1.807, 2.05) is 4.57 Å². The molecule has 1 saturated heterocycles. The minimum Gasteiger partial charge on any atom is -0.327 e. The number of aromatic nitrogens is 2. The predicted octanol–water partition coefficient (Wildman–Crippen LogP) is 2.53. The van der Waals surface area contributed by atoms with Crippen LogP contribution in [0.4, 0.5) is 4.39 Å². The number of fused-ring (bicyclic) bond motifs is 1. The van der Waals surface area contributed by atoms with Crippen LogP contribution >= 0.6 is 11.6 Å². The Kier molecular flexibility index (Phi) is 3.92. The molecule has 3 rings (SSSR count). The van der Waals surface area contributed by atoms with E-state index in [-0.39, 0.29) is 11.6 Å². The third kappa shape index (κ3) is 2.79. The molecule has 0 bridgehead atoms. The summed E-state index contributed by atoms with van der Waals surface area (Å²) < 4.78 is 39.4. The van der Waals surface area contributed by atoms with Crippen LogP contribution in [0.25, 0.3) is 11.0 Å². The van der Waals surface area contributed by atoms with Gasteiger partial charge >= 0.3 is 0 Å². The minimum absolute atomic E-state index is 0.240. The standard InChI is InChI=1S/C14H16ClFN2O2S/c15-6-5-14-17-12-4-3-10(16)8-13(12)18(14)9-11-2-1-7-21(11,19)20/h3-4,8,11H,1-2,5-7,9H2. The molecule has 1 aromatic carbocycles.